The Balaban J connectivity index is 0.00000341. The van der Waals surface area contributed by atoms with Gasteiger partial charge >= 0.3 is 0 Å². The molecule has 0 heterocycles. The summed E-state index contributed by atoms with van der Waals surface area (Å²) in [6, 6.07) is 0. The van der Waals surface area contributed by atoms with E-state index in [0.29, 0.717) is 5.91 Å². The van der Waals surface area contributed by atoms with Gasteiger partial charge in [0.2, 0.25) is 0 Å². The highest BCUT2D eigenvalue weighted by atomic mass is 35.5. The van der Waals surface area contributed by atoms with Crippen molar-refractivity contribution in [1.82, 2.24) is 5.43 Å². The number of rotatable bonds is 15. The van der Waals surface area contributed by atoms with Crippen molar-refractivity contribution >= 4 is 5.91 Å². The lowest BCUT2D eigenvalue weighted by molar-refractivity contribution is -0.958. The van der Waals surface area contributed by atoms with E-state index in [2.05, 4.69) is 26.2 Å². The predicted molar refractivity (Wildman–Crippen MR) is 127 cm³/mol. The van der Waals surface area contributed by atoms with E-state index in [0.717, 1.165) is 42.0 Å². The van der Waals surface area contributed by atoms with Crippen LogP contribution in [0.15, 0.2) is 0 Å². The maximum absolute atomic E-state index is 13.6. The number of carbonyl (C=O) groups excluding carboxylic acids is 1. The van der Waals surface area contributed by atoms with E-state index in [4.69, 9.17) is 0 Å². The lowest BCUT2D eigenvalue weighted by Crippen LogP contribution is -3.00. The van der Waals surface area contributed by atoms with Gasteiger partial charge in [-0.15, -0.1) is 0 Å². The van der Waals surface area contributed by atoms with Gasteiger partial charge in [-0.1, -0.05) is 58.3 Å². The summed E-state index contributed by atoms with van der Waals surface area (Å²) < 4.78 is 0.803. The summed E-state index contributed by atoms with van der Waals surface area (Å²) in [6.45, 7) is 9.97. The minimum Gasteiger partial charge on any atom is -1.00 e. The summed E-state index contributed by atoms with van der Waals surface area (Å²) in [5, 5.41) is 0. The lowest BCUT2D eigenvalue weighted by atomic mass is 9.49. The first-order valence-corrected chi connectivity index (χ1v) is 13.7. The molecule has 4 bridgehead atoms. The normalized spacial score (nSPS) is 29.1. The smallest absolute Gasteiger partial charge is 0.271 e. The second-order valence-electron chi connectivity index (χ2n) is 11.3. The Bertz CT molecular complexity index is 496. The molecule has 0 atom stereocenters. The van der Waals surface area contributed by atoms with E-state index in [1.807, 2.05) is 0 Å². The molecule has 0 aliphatic heterocycles. The summed E-state index contributed by atoms with van der Waals surface area (Å²) in [5.74, 6) is 2.94. The van der Waals surface area contributed by atoms with Gasteiger partial charge in [0.15, 0.2) is 0 Å². The van der Waals surface area contributed by atoms with E-state index < -0.39 is 0 Å². The molecule has 0 radical (unpaired) electrons. The third kappa shape index (κ3) is 7.10. The zero-order valence-corrected chi connectivity index (χ0v) is 21.7. The Hall–Kier alpha value is -0.280. The van der Waals surface area contributed by atoms with Crippen LogP contribution in [0.2, 0.25) is 0 Å². The lowest BCUT2D eigenvalue weighted by Gasteiger charge is -2.56. The maximum Gasteiger partial charge on any atom is 0.271 e. The molecule has 1 N–H and O–H groups in total. The molecule has 4 saturated carbocycles. The van der Waals surface area contributed by atoms with Crippen LogP contribution in [0, 0.1) is 23.2 Å². The van der Waals surface area contributed by atoms with Gasteiger partial charge in [-0.05, 0) is 83.0 Å². The fraction of sp³-hybridized carbons (Fsp3) is 0.963. The van der Waals surface area contributed by atoms with E-state index in [9.17, 15) is 4.79 Å². The number of nitrogens with one attached hydrogen (secondary N) is 1. The van der Waals surface area contributed by atoms with E-state index in [-0.39, 0.29) is 17.8 Å². The first-order chi connectivity index (χ1) is 14.5. The van der Waals surface area contributed by atoms with E-state index in [1.165, 1.54) is 103 Å². The van der Waals surface area contributed by atoms with Crippen LogP contribution in [-0.2, 0) is 4.79 Å². The molecule has 0 aromatic heterocycles. The Morgan fingerprint density at radius 2 is 1.16 bits per heavy atom. The van der Waals surface area contributed by atoms with Gasteiger partial charge in [-0.2, -0.15) is 0 Å². The average Bonchev–Trinajstić information content (AvgIpc) is 2.73. The fourth-order valence-electron chi connectivity index (χ4n) is 7.38. The second kappa shape index (κ2) is 12.8. The molecule has 182 valence electrons. The molecule has 4 aliphatic rings. The molecule has 4 heteroatoms. The molecule has 0 unspecified atom stereocenters. The highest BCUT2D eigenvalue weighted by Crippen LogP contribution is 2.60. The van der Waals surface area contributed by atoms with E-state index in [1.54, 1.807) is 0 Å². The third-order valence-corrected chi connectivity index (χ3v) is 9.01. The molecule has 4 rings (SSSR count). The van der Waals surface area contributed by atoms with Crippen LogP contribution in [0.25, 0.3) is 0 Å². The number of amides is 1. The summed E-state index contributed by atoms with van der Waals surface area (Å²) in [4.78, 5) is 13.6. The number of hydrogen-bond acceptors (Lipinski definition) is 1. The number of hydrogen-bond donors (Lipinski definition) is 1. The largest absolute Gasteiger partial charge is 1.00 e. The minimum atomic E-state index is -0.0135. The first kappa shape index (κ1) is 27.0. The molecule has 4 aliphatic carbocycles. The topological polar surface area (TPSA) is 29.1 Å². The Morgan fingerprint density at radius 3 is 1.58 bits per heavy atom. The molecule has 0 aromatic carbocycles. The number of unbranched alkanes of at least 4 members (excludes halogenated alkanes) is 9. The van der Waals surface area contributed by atoms with Crippen molar-refractivity contribution in [3.63, 3.8) is 0 Å². The Kier molecular flexibility index (Phi) is 11.2. The van der Waals surface area contributed by atoms with Crippen molar-refractivity contribution in [2.75, 3.05) is 19.6 Å². The van der Waals surface area contributed by atoms with Crippen LogP contribution >= 0.6 is 0 Å². The van der Waals surface area contributed by atoms with Crippen molar-refractivity contribution < 1.29 is 21.8 Å². The molecule has 4 fully saturated rings. The van der Waals surface area contributed by atoms with Gasteiger partial charge in [0.1, 0.15) is 6.54 Å². The number of halogens is 1. The van der Waals surface area contributed by atoms with Gasteiger partial charge < -0.3 is 12.4 Å². The summed E-state index contributed by atoms with van der Waals surface area (Å²) in [7, 11) is 0. The summed E-state index contributed by atoms with van der Waals surface area (Å²) in [5.41, 5.74) is 3.60. The summed E-state index contributed by atoms with van der Waals surface area (Å²) >= 11 is 0. The predicted octanol–water partition coefficient (Wildman–Crippen LogP) is 4.02. The number of quaternary nitrogens is 1. The van der Waals surface area contributed by atoms with Gasteiger partial charge in [0, 0.05) is 0 Å². The van der Waals surface area contributed by atoms with Gasteiger partial charge in [0.25, 0.3) is 5.91 Å². The molecule has 0 spiro atoms. The van der Waals surface area contributed by atoms with Crippen LogP contribution < -0.4 is 17.8 Å². The highest BCUT2D eigenvalue weighted by Gasteiger charge is 2.55. The van der Waals surface area contributed by atoms with Crippen LogP contribution in [0.3, 0.4) is 0 Å². The van der Waals surface area contributed by atoms with Crippen LogP contribution in [-0.4, -0.2) is 30.1 Å². The maximum atomic E-state index is 13.6. The van der Waals surface area contributed by atoms with Crippen molar-refractivity contribution in [2.24, 2.45) is 23.2 Å². The van der Waals surface area contributed by atoms with E-state index >= 15 is 0 Å². The molecule has 0 saturated heterocycles. The highest BCUT2D eigenvalue weighted by molar-refractivity contribution is 5.82. The van der Waals surface area contributed by atoms with Crippen LogP contribution in [0.4, 0.5) is 0 Å². The Labute approximate surface area is 199 Å². The molecule has 1 amide bonds. The second-order valence-corrected chi connectivity index (χ2v) is 11.3. The fourth-order valence-corrected chi connectivity index (χ4v) is 7.38. The Morgan fingerprint density at radius 1 is 0.742 bits per heavy atom. The monoisotopic (exact) mass is 454 g/mol. The van der Waals surface area contributed by atoms with Crippen molar-refractivity contribution in [3.8, 4) is 0 Å². The van der Waals surface area contributed by atoms with Gasteiger partial charge in [-0.25, -0.2) is 10.0 Å². The zero-order valence-electron chi connectivity index (χ0n) is 20.9. The number of carbonyl (C=O) groups is 1. The average molecular weight is 455 g/mol. The van der Waals surface area contributed by atoms with Crippen molar-refractivity contribution in [3.05, 3.63) is 0 Å². The van der Waals surface area contributed by atoms with Gasteiger partial charge in [-0.3, -0.25) is 4.79 Å². The third-order valence-electron chi connectivity index (χ3n) is 9.01. The zero-order chi connectivity index (χ0) is 21.5. The number of nitrogens with zero attached hydrogens (tertiary/aromatic N) is 1. The van der Waals surface area contributed by atoms with Crippen molar-refractivity contribution in [1.29, 1.82) is 0 Å². The van der Waals surface area contributed by atoms with Crippen LogP contribution in [0.1, 0.15) is 124 Å². The molecule has 0 aromatic rings. The molecule has 31 heavy (non-hydrogen) atoms. The van der Waals surface area contributed by atoms with Gasteiger partial charge in [0.05, 0.1) is 18.5 Å². The van der Waals surface area contributed by atoms with Crippen molar-refractivity contribution in [2.45, 2.75) is 124 Å². The molecular weight excluding hydrogens is 404 g/mol. The SMILES string of the molecule is CCCCCCCCCCCC[N+](CC)(CC)NC(=O)C12CC3CC(CC(C3)C1)C2.[Cl-]. The molecular formula is C27H51ClN2O. The minimum absolute atomic E-state index is 0. The molecule has 3 nitrogen and oxygen atoms in total. The standard InChI is InChI=1S/C27H50N2O.ClH/c1-4-7-8-9-10-11-12-13-14-15-16-29(5-2,6-3)28-26(30)27-20-23-17-24(21-27)19-25(18-23)22-27;/h23-25H,4-22H2,1-3H3;1H. The quantitative estimate of drug-likeness (QED) is 0.226. The summed E-state index contributed by atoms with van der Waals surface area (Å²) in [6.07, 6.45) is 21.5. The first-order valence-electron chi connectivity index (χ1n) is 13.7. The van der Waals surface area contributed by atoms with Crippen LogP contribution in [0.5, 0.6) is 0 Å².